The molecule has 0 spiro atoms. The van der Waals surface area contributed by atoms with Gasteiger partial charge < -0.3 is 14.7 Å². The number of morpholine rings is 1. The number of hydrogen-bond acceptors (Lipinski definition) is 3. The van der Waals surface area contributed by atoms with Crippen LogP contribution in [0.2, 0.25) is 0 Å². The molecule has 104 valence electrons. The maximum absolute atomic E-state index is 14.0. The lowest BCUT2D eigenvalue weighted by Crippen LogP contribution is -2.48. The fraction of sp³-hybridized carbons (Fsp3) is 0.462. The zero-order valence-corrected chi connectivity index (χ0v) is 10.7. The van der Waals surface area contributed by atoms with Gasteiger partial charge in [-0.05, 0) is 26.0 Å². The number of carboxylic acid groups (broad SMARTS) is 1. The SMILES string of the molecule is CC1CN(c2c(F)cc(C(=O)O)cc2F)C(C)CO1. The highest BCUT2D eigenvalue weighted by Gasteiger charge is 2.28. The fourth-order valence-electron chi connectivity index (χ4n) is 2.18. The van der Waals surface area contributed by atoms with Gasteiger partial charge in [0.15, 0.2) is 0 Å². The van der Waals surface area contributed by atoms with E-state index in [-0.39, 0.29) is 17.8 Å². The van der Waals surface area contributed by atoms with Crippen molar-refractivity contribution in [2.24, 2.45) is 0 Å². The summed E-state index contributed by atoms with van der Waals surface area (Å²) in [7, 11) is 0. The highest BCUT2D eigenvalue weighted by atomic mass is 19.1. The Bertz CT molecular complexity index is 484. The van der Waals surface area contributed by atoms with Crippen LogP contribution in [0.25, 0.3) is 0 Å². The molecule has 1 heterocycles. The summed E-state index contributed by atoms with van der Waals surface area (Å²) >= 11 is 0. The fourth-order valence-corrected chi connectivity index (χ4v) is 2.18. The van der Waals surface area contributed by atoms with Gasteiger partial charge in [-0.15, -0.1) is 0 Å². The number of rotatable bonds is 2. The second kappa shape index (κ2) is 5.13. The average molecular weight is 271 g/mol. The van der Waals surface area contributed by atoms with Crippen LogP contribution in [0.1, 0.15) is 24.2 Å². The van der Waals surface area contributed by atoms with Crippen molar-refractivity contribution >= 4 is 11.7 Å². The maximum atomic E-state index is 14.0. The second-order valence-corrected chi connectivity index (χ2v) is 4.74. The van der Waals surface area contributed by atoms with Crippen LogP contribution >= 0.6 is 0 Å². The van der Waals surface area contributed by atoms with Crippen LogP contribution in [-0.2, 0) is 4.74 Å². The minimum absolute atomic E-state index is 0.130. The molecule has 0 aromatic heterocycles. The van der Waals surface area contributed by atoms with E-state index in [1.54, 1.807) is 11.8 Å². The number of carbonyl (C=O) groups is 1. The molecule has 1 fully saturated rings. The lowest BCUT2D eigenvalue weighted by atomic mass is 10.1. The van der Waals surface area contributed by atoms with Crippen LogP contribution in [-0.4, -0.2) is 36.4 Å². The molecule has 1 aromatic carbocycles. The Morgan fingerprint density at radius 2 is 1.95 bits per heavy atom. The van der Waals surface area contributed by atoms with Gasteiger partial charge in [0.05, 0.1) is 18.3 Å². The molecule has 1 saturated heterocycles. The van der Waals surface area contributed by atoms with Gasteiger partial charge in [0, 0.05) is 12.6 Å². The van der Waals surface area contributed by atoms with E-state index in [9.17, 15) is 13.6 Å². The molecule has 1 aliphatic heterocycles. The molecule has 0 radical (unpaired) electrons. The summed E-state index contributed by atoms with van der Waals surface area (Å²) < 4.78 is 33.3. The molecule has 0 saturated carbocycles. The zero-order valence-electron chi connectivity index (χ0n) is 10.7. The Kier molecular flexibility index (Phi) is 3.71. The van der Waals surface area contributed by atoms with Crippen molar-refractivity contribution in [1.29, 1.82) is 0 Å². The smallest absolute Gasteiger partial charge is 0.335 e. The van der Waals surface area contributed by atoms with E-state index < -0.39 is 23.2 Å². The van der Waals surface area contributed by atoms with Crippen LogP contribution in [0, 0.1) is 11.6 Å². The molecule has 6 heteroatoms. The van der Waals surface area contributed by atoms with Gasteiger partial charge in [-0.3, -0.25) is 0 Å². The number of aromatic carboxylic acids is 1. The van der Waals surface area contributed by atoms with Gasteiger partial charge in [0.25, 0.3) is 0 Å². The maximum Gasteiger partial charge on any atom is 0.335 e. The first-order chi connectivity index (χ1) is 8.90. The average Bonchev–Trinajstić information content (AvgIpc) is 2.32. The van der Waals surface area contributed by atoms with Crippen molar-refractivity contribution in [2.75, 3.05) is 18.1 Å². The van der Waals surface area contributed by atoms with Gasteiger partial charge in [-0.25, -0.2) is 13.6 Å². The normalized spacial score (nSPS) is 23.5. The van der Waals surface area contributed by atoms with Crippen LogP contribution < -0.4 is 4.90 Å². The third kappa shape index (κ3) is 2.68. The molecule has 1 aromatic rings. The Morgan fingerprint density at radius 1 is 1.37 bits per heavy atom. The van der Waals surface area contributed by atoms with E-state index in [0.29, 0.717) is 13.2 Å². The number of anilines is 1. The Morgan fingerprint density at radius 3 is 2.47 bits per heavy atom. The lowest BCUT2D eigenvalue weighted by molar-refractivity contribution is 0.0338. The van der Waals surface area contributed by atoms with Crippen molar-refractivity contribution in [3.63, 3.8) is 0 Å². The minimum atomic E-state index is -1.35. The molecule has 0 aliphatic carbocycles. The van der Waals surface area contributed by atoms with Crippen molar-refractivity contribution < 1.29 is 23.4 Å². The van der Waals surface area contributed by atoms with Crippen molar-refractivity contribution in [2.45, 2.75) is 26.0 Å². The van der Waals surface area contributed by atoms with E-state index in [1.807, 2.05) is 6.92 Å². The second-order valence-electron chi connectivity index (χ2n) is 4.74. The summed E-state index contributed by atoms with van der Waals surface area (Å²) in [6.07, 6.45) is -0.130. The third-order valence-corrected chi connectivity index (χ3v) is 3.16. The lowest BCUT2D eigenvalue weighted by Gasteiger charge is -2.38. The first-order valence-corrected chi connectivity index (χ1v) is 6.00. The van der Waals surface area contributed by atoms with E-state index >= 15 is 0 Å². The molecule has 2 atom stereocenters. The van der Waals surface area contributed by atoms with Crippen molar-refractivity contribution in [3.05, 3.63) is 29.3 Å². The third-order valence-electron chi connectivity index (χ3n) is 3.16. The summed E-state index contributed by atoms with van der Waals surface area (Å²) in [5, 5.41) is 8.76. The van der Waals surface area contributed by atoms with Gasteiger partial charge in [-0.2, -0.15) is 0 Å². The molecule has 1 aliphatic rings. The first-order valence-electron chi connectivity index (χ1n) is 6.00. The number of nitrogens with zero attached hydrogens (tertiary/aromatic N) is 1. The molecule has 0 bridgehead atoms. The first kappa shape index (κ1) is 13.7. The van der Waals surface area contributed by atoms with Gasteiger partial charge >= 0.3 is 5.97 Å². The van der Waals surface area contributed by atoms with Crippen LogP contribution in [0.4, 0.5) is 14.5 Å². The minimum Gasteiger partial charge on any atom is -0.478 e. The number of ether oxygens (including phenoxy) is 1. The Balaban J connectivity index is 2.41. The number of hydrogen-bond donors (Lipinski definition) is 1. The van der Waals surface area contributed by atoms with Crippen LogP contribution in [0.5, 0.6) is 0 Å². The predicted molar refractivity (Wildman–Crippen MR) is 65.5 cm³/mol. The molecule has 2 unspecified atom stereocenters. The summed E-state index contributed by atoms with van der Waals surface area (Å²) in [5.74, 6) is -3.08. The Labute approximate surface area is 109 Å². The van der Waals surface area contributed by atoms with E-state index in [1.165, 1.54) is 0 Å². The molecule has 2 rings (SSSR count). The molecule has 4 nitrogen and oxygen atoms in total. The molecular weight excluding hydrogens is 256 g/mol. The summed E-state index contributed by atoms with van der Waals surface area (Å²) in [6, 6.07) is 1.51. The molecule has 0 amide bonds. The van der Waals surface area contributed by atoms with Crippen LogP contribution in [0.15, 0.2) is 12.1 Å². The summed E-state index contributed by atoms with van der Waals surface area (Å²) in [4.78, 5) is 12.3. The molecular formula is C13H15F2NO3. The summed E-state index contributed by atoms with van der Waals surface area (Å²) in [6.45, 7) is 4.36. The van der Waals surface area contributed by atoms with E-state index in [2.05, 4.69) is 0 Å². The molecule has 19 heavy (non-hydrogen) atoms. The van der Waals surface area contributed by atoms with E-state index in [0.717, 1.165) is 12.1 Å². The predicted octanol–water partition coefficient (Wildman–Crippen LogP) is 2.28. The number of halogens is 2. The summed E-state index contributed by atoms with van der Waals surface area (Å²) in [5.41, 5.74) is -0.583. The number of benzene rings is 1. The van der Waals surface area contributed by atoms with Crippen molar-refractivity contribution in [1.82, 2.24) is 0 Å². The van der Waals surface area contributed by atoms with Crippen molar-refractivity contribution in [3.8, 4) is 0 Å². The topological polar surface area (TPSA) is 49.8 Å². The Hall–Kier alpha value is -1.69. The van der Waals surface area contributed by atoms with Crippen LogP contribution in [0.3, 0.4) is 0 Å². The van der Waals surface area contributed by atoms with Gasteiger partial charge in [0.2, 0.25) is 0 Å². The standard InChI is InChI=1S/C13H15F2NO3/c1-7-6-19-8(2)5-16(7)12-10(14)3-9(13(17)18)4-11(12)15/h3-4,7-8H,5-6H2,1-2H3,(H,17,18). The monoisotopic (exact) mass is 271 g/mol. The number of carboxylic acids is 1. The zero-order chi connectivity index (χ0) is 14.2. The molecule has 1 N–H and O–H groups in total. The van der Waals surface area contributed by atoms with Gasteiger partial charge in [-0.1, -0.05) is 0 Å². The van der Waals surface area contributed by atoms with E-state index in [4.69, 9.17) is 9.84 Å². The largest absolute Gasteiger partial charge is 0.478 e. The van der Waals surface area contributed by atoms with Gasteiger partial charge in [0.1, 0.15) is 17.3 Å². The quantitative estimate of drug-likeness (QED) is 0.896. The highest BCUT2D eigenvalue weighted by molar-refractivity contribution is 5.88. The highest BCUT2D eigenvalue weighted by Crippen LogP contribution is 2.29.